The van der Waals surface area contributed by atoms with Crippen LogP contribution < -0.4 is 16.1 Å². The summed E-state index contributed by atoms with van der Waals surface area (Å²) in [5, 5.41) is 1.25. The van der Waals surface area contributed by atoms with Crippen LogP contribution in [0.2, 0.25) is 5.02 Å². The molecular formula is C26H29ClN4O3. The molecule has 1 N–H and O–H groups in total. The molecule has 7 nitrogen and oxygen atoms in total. The summed E-state index contributed by atoms with van der Waals surface area (Å²) in [6.45, 7) is 3.43. The van der Waals surface area contributed by atoms with E-state index in [1.807, 2.05) is 23.1 Å². The van der Waals surface area contributed by atoms with Crippen LogP contribution in [0.3, 0.4) is 0 Å². The van der Waals surface area contributed by atoms with E-state index >= 15 is 0 Å². The van der Waals surface area contributed by atoms with Crippen molar-refractivity contribution in [3.63, 3.8) is 0 Å². The van der Waals surface area contributed by atoms with Gasteiger partial charge in [-0.3, -0.25) is 14.2 Å². The van der Waals surface area contributed by atoms with Gasteiger partial charge in [0.2, 0.25) is 5.91 Å². The smallest absolute Gasteiger partial charge is 0.328 e. The maximum atomic E-state index is 13.1. The summed E-state index contributed by atoms with van der Waals surface area (Å²) in [6.07, 6.45) is 3.30. The number of hydrogen-bond donors (Lipinski definition) is 1. The van der Waals surface area contributed by atoms with Gasteiger partial charge in [-0.15, -0.1) is 0 Å². The Morgan fingerprint density at radius 3 is 2.41 bits per heavy atom. The monoisotopic (exact) mass is 480 g/mol. The number of carbonyl (C=O) groups is 1. The number of para-hydroxylation sites is 1. The number of hydrogen-bond acceptors (Lipinski definition) is 4. The lowest BCUT2D eigenvalue weighted by molar-refractivity contribution is -0.137. The number of piperazine rings is 1. The van der Waals surface area contributed by atoms with Crippen molar-refractivity contribution < 1.29 is 4.79 Å². The molecule has 1 saturated heterocycles. The van der Waals surface area contributed by atoms with Crippen LogP contribution >= 0.6 is 11.6 Å². The molecule has 178 valence electrons. The first-order chi connectivity index (χ1) is 16.5. The lowest BCUT2D eigenvalue weighted by Gasteiger charge is -2.39. The van der Waals surface area contributed by atoms with Gasteiger partial charge in [0.1, 0.15) is 0 Å². The molecule has 0 atom stereocenters. The number of H-pyrrole nitrogens is 1. The number of aromatic nitrogens is 2. The van der Waals surface area contributed by atoms with Gasteiger partial charge >= 0.3 is 5.69 Å². The number of amides is 1. The second kappa shape index (κ2) is 9.66. The van der Waals surface area contributed by atoms with Crippen LogP contribution in [0.4, 0.5) is 5.69 Å². The van der Waals surface area contributed by atoms with Crippen molar-refractivity contribution in [2.75, 3.05) is 31.1 Å². The molecule has 2 aliphatic rings. The third-order valence-electron chi connectivity index (χ3n) is 7.29. The van der Waals surface area contributed by atoms with Crippen molar-refractivity contribution in [3.05, 3.63) is 74.4 Å². The number of fused-ring (bicyclic) bond motifs is 1. The SMILES string of the molecule is O=C(C1CCC(Cn2c(=O)[nH]c3ccccc3c2=O)CC1)N1CCN(c2cccc(Cl)c2)CC1. The van der Waals surface area contributed by atoms with Crippen LogP contribution in [0.5, 0.6) is 0 Å². The first-order valence-corrected chi connectivity index (χ1v) is 12.4. The quantitative estimate of drug-likeness (QED) is 0.620. The van der Waals surface area contributed by atoms with Gasteiger partial charge in [0.05, 0.1) is 10.9 Å². The number of nitrogens with one attached hydrogen (secondary N) is 1. The summed E-state index contributed by atoms with van der Waals surface area (Å²) in [4.78, 5) is 45.5. The Kier molecular flexibility index (Phi) is 6.46. The summed E-state index contributed by atoms with van der Waals surface area (Å²) in [6, 6.07) is 14.9. The molecule has 2 heterocycles. The van der Waals surface area contributed by atoms with Gasteiger partial charge in [-0.1, -0.05) is 29.8 Å². The van der Waals surface area contributed by atoms with Crippen LogP contribution in [0.15, 0.2) is 58.1 Å². The number of aromatic amines is 1. The third kappa shape index (κ3) is 4.62. The molecule has 1 aliphatic heterocycles. The Balaban J connectivity index is 1.16. The molecule has 8 heteroatoms. The van der Waals surface area contributed by atoms with Gasteiger partial charge in [0, 0.05) is 49.4 Å². The predicted molar refractivity (Wildman–Crippen MR) is 135 cm³/mol. The van der Waals surface area contributed by atoms with E-state index in [9.17, 15) is 14.4 Å². The molecule has 5 rings (SSSR count). The average molecular weight is 481 g/mol. The van der Waals surface area contributed by atoms with Crippen molar-refractivity contribution in [1.29, 1.82) is 0 Å². The molecule has 34 heavy (non-hydrogen) atoms. The molecule has 1 aliphatic carbocycles. The molecule has 1 amide bonds. The molecule has 0 unspecified atom stereocenters. The predicted octanol–water partition coefficient (Wildman–Crippen LogP) is 3.50. The number of benzene rings is 2. The fraction of sp³-hybridized carbons (Fsp3) is 0.423. The number of carbonyl (C=O) groups excluding carboxylic acids is 1. The average Bonchev–Trinajstić information content (AvgIpc) is 2.87. The van der Waals surface area contributed by atoms with E-state index in [1.165, 1.54) is 4.57 Å². The summed E-state index contributed by atoms with van der Waals surface area (Å²) in [5.41, 5.74) is 1.06. The Morgan fingerprint density at radius 1 is 0.941 bits per heavy atom. The molecule has 0 radical (unpaired) electrons. The van der Waals surface area contributed by atoms with Crippen LogP contribution in [-0.4, -0.2) is 46.5 Å². The number of nitrogens with zero attached hydrogens (tertiary/aromatic N) is 3. The minimum absolute atomic E-state index is 0.0283. The molecule has 1 saturated carbocycles. The first-order valence-electron chi connectivity index (χ1n) is 12.0. The second-order valence-electron chi connectivity index (χ2n) is 9.40. The Hall–Kier alpha value is -3.06. The maximum absolute atomic E-state index is 13.1. The van der Waals surface area contributed by atoms with Crippen LogP contribution in [0.25, 0.3) is 10.9 Å². The van der Waals surface area contributed by atoms with Gasteiger partial charge in [-0.2, -0.15) is 0 Å². The van der Waals surface area contributed by atoms with Crippen molar-refractivity contribution in [2.24, 2.45) is 11.8 Å². The molecule has 0 bridgehead atoms. The fourth-order valence-corrected chi connectivity index (χ4v) is 5.52. The highest BCUT2D eigenvalue weighted by Crippen LogP contribution is 2.31. The highest BCUT2D eigenvalue weighted by atomic mass is 35.5. The van der Waals surface area contributed by atoms with Crippen molar-refractivity contribution >= 4 is 34.1 Å². The van der Waals surface area contributed by atoms with Gasteiger partial charge in [0.25, 0.3) is 5.56 Å². The second-order valence-corrected chi connectivity index (χ2v) is 9.84. The highest BCUT2D eigenvalue weighted by molar-refractivity contribution is 6.30. The highest BCUT2D eigenvalue weighted by Gasteiger charge is 2.31. The molecule has 1 aromatic heterocycles. The Morgan fingerprint density at radius 2 is 1.68 bits per heavy atom. The Bertz CT molecular complexity index is 1300. The van der Waals surface area contributed by atoms with E-state index in [-0.39, 0.29) is 29.0 Å². The van der Waals surface area contributed by atoms with Crippen LogP contribution in [0.1, 0.15) is 25.7 Å². The maximum Gasteiger partial charge on any atom is 0.328 e. The minimum Gasteiger partial charge on any atom is -0.368 e. The molecule has 2 fully saturated rings. The topological polar surface area (TPSA) is 78.4 Å². The van der Waals surface area contributed by atoms with Gasteiger partial charge < -0.3 is 14.8 Å². The van der Waals surface area contributed by atoms with Crippen molar-refractivity contribution in [2.45, 2.75) is 32.2 Å². The summed E-state index contributed by atoms with van der Waals surface area (Å²) in [5.74, 6) is 0.495. The van der Waals surface area contributed by atoms with Crippen LogP contribution in [-0.2, 0) is 11.3 Å². The van der Waals surface area contributed by atoms with Gasteiger partial charge in [-0.25, -0.2) is 4.79 Å². The summed E-state index contributed by atoms with van der Waals surface area (Å²) < 4.78 is 1.32. The normalized spacial score (nSPS) is 21.1. The molecule has 0 spiro atoms. The zero-order valence-corrected chi connectivity index (χ0v) is 19.8. The van der Waals surface area contributed by atoms with Gasteiger partial charge in [-0.05, 0) is 61.9 Å². The van der Waals surface area contributed by atoms with E-state index in [2.05, 4.69) is 16.0 Å². The zero-order chi connectivity index (χ0) is 23.7. The first kappa shape index (κ1) is 22.7. The van der Waals surface area contributed by atoms with E-state index in [1.54, 1.807) is 24.3 Å². The minimum atomic E-state index is -0.362. The van der Waals surface area contributed by atoms with E-state index in [0.29, 0.717) is 30.5 Å². The summed E-state index contributed by atoms with van der Waals surface area (Å²) >= 11 is 6.12. The molecule has 2 aromatic carbocycles. The largest absolute Gasteiger partial charge is 0.368 e. The summed E-state index contributed by atoms with van der Waals surface area (Å²) in [7, 11) is 0. The van der Waals surface area contributed by atoms with E-state index < -0.39 is 0 Å². The number of rotatable bonds is 4. The van der Waals surface area contributed by atoms with E-state index in [0.717, 1.165) is 49.5 Å². The fourth-order valence-electron chi connectivity index (χ4n) is 5.33. The number of anilines is 1. The number of halogens is 1. The third-order valence-corrected chi connectivity index (χ3v) is 7.53. The lowest BCUT2D eigenvalue weighted by Crippen LogP contribution is -2.50. The van der Waals surface area contributed by atoms with Crippen molar-refractivity contribution in [1.82, 2.24) is 14.5 Å². The lowest BCUT2D eigenvalue weighted by atomic mass is 9.81. The Labute approximate surface area is 202 Å². The molecule has 3 aromatic rings. The van der Waals surface area contributed by atoms with Crippen molar-refractivity contribution in [3.8, 4) is 0 Å². The molecular weight excluding hydrogens is 452 g/mol. The standard InChI is InChI=1S/C26H29ClN4O3/c27-20-4-3-5-21(16-20)29-12-14-30(15-13-29)24(32)19-10-8-18(9-11-19)17-31-25(33)22-6-1-2-7-23(22)28-26(31)34/h1-7,16,18-19H,8-15,17H2,(H,28,34). The van der Waals surface area contributed by atoms with Crippen LogP contribution in [0, 0.1) is 11.8 Å². The van der Waals surface area contributed by atoms with E-state index in [4.69, 9.17) is 11.6 Å². The zero-order valence-electron chi connectivity index (χ0n) is 19.1. The van der Waals surface area contributed by atoms with Gasteiger partial charge in [0.15, 0.2) is 0 Å².